The van der Waals surface area contributed by atoms with E-state index in [-0.39, 0.29) is 23.7 Å². The second-order valence-corrected chi connectivity index (χ2v) is 5.64. The molecule has 0 aromatic heterocycles. The summed E-state index contributed by atoms with van der Waals surface area (Å²) >= 11 is 0. The predicted octanol–water partition coefficient (Wildman–Crippen LogP) is 2.03. The van der Waals surface area contributed by atoms with Crippen LogP contribution in [-0.2, 0) is 11.2 Å². The number of benzene rings is 1. The molecule has 0 atom stereocenters. The van der Waals surface area contributed by atoms with Gasteiger partial charge in [-0.05, 0) is 38.8 Å². The molecule has 1 aromatic carbocycles. The van der Waals surface area contributed by atoms with Crippen LogP contribution in [0.25, 0.3) is 0 Å². The van der Waals surface area contributed by atoms with E-state index in [9.17, 15) is 14.9 Å². The maximum absolute atomic E-state index is 11.7. The second-order valence-electron chi connectivity index (χ2n) is 5.64. The SMILES string of the molecule is CCC(C)(C)NC(=O)CNCCc1ccc([N+](=O)[O-])cc1. The van der Waals surface area contributed by atoms with Crippen LogP contribution in [0, 0.1) is 10.1 Å². The molecular weight excluding hydrogens is 270 g/mol. The van der Waals surface area contributed by atoms with Crippen LogP contribution in [-0.4, -0.2) is 29.5 Å². The fourth-order valence-electron chi connectivity index (χ4n) is 1.73. The van der Waals surface area contributed by atoms with Gasteiger partial charge in [0, 0.05) is 17.7 Å². The summed E-state index contributed by atoms with van der Waals surface area (Å²) in [7, 11) is 0. The molecule has 21 heavy (non-hydrogen) atoms. The van der Waals surface area contributed by atoms with Gasteiger partial charge in [-0.25, -0.2) is 0 Å². The van der Waals surface area contributed by atoms with E-state index >= 15 is 0 Å². The first kappa shape index (κ1) is 17.1. The smallest absolute Gasteiger partial charge is 0.269 e. The molecule has 0 spiro atoms. The van der Waals surface area contributed by atoms with Gasteiger partial charge in [0.05, 0.1) is 11.5 Å². The number of hydrogen-bond acceptors (Lipinski definition) is 4. The van der Waals surface area contributed by atoms with Gasteiger partial charge >= 0.3 is 0 Å². The summed E-state index contributed by atoms with van der Waals surface area (Å²) in [6.45, 7) is 6.93. The van der Waals surface area contributed by atoms with Gasteiger partial charge in [-0.2, -0.15) is 0 Å². The molecule has 0 saturated heterocycles. The first-order valence-electron chi connectivity index (χ1n) is 7.09. The Hall–Kier alpha value is -1.95. The molecule has 0 bridgehead atoms. The highest BCUT2D eigenvalue weighted by molar-refractivity contribution is 5.78. The molecule has 6 heteroatoms. The highest BCUT2D eigenvalue weighted by atomic mass is 16.6. The Morgan fingerprint density at radius 1 is 1.29 bits per heavy atom. The van der Waals surface area contributed by atoms with Crippen LogP contribution in [0.1, 0.15) is 32.8 Å². The van der Waals surface area contributed by atoms with Gasteiger partial charge in [0.1, 0.15) is 0 Å². The molecule has 1 aromatic rings. The molecule has 0 heterocycles. The molecule has 0 aliphatic heterocycles. The number of nitro groups is 1. The highest BCUT2D eigenvalue weighted by Gasteiger charge is 2.16. The van der Waals surface area contributed by atoms with Crippen molar-refractivity contribution in [2.75, 3.05) is 13.1 Å². The summed E-state index contributed by atoms with van der Waals surface area (Å²) in [5.74, 6) is -0.0226. The fourth-order valence-corrected chi connectivity index (χ4v) is 1.73. The van der Waals surface area contributed by atoms with Crippen LogP contribution in [0.2, 0.25) is 0 Å². The van der Waals surface area contributed by atoms with Crippen molar-refractivity contribution in [3.8, 4) is 0 Å². The third-order valence-corrected chi connectivity index (χ3v) is 3.38. The zero-order valence-electron chi connectivity index (χ0n) is 12.8. The van der Waals surface area contributed by atoms with E-state index in [1.807, 2.05) is 20.8 Å². The third-order valence-electron chi connectivity index (χ3n) is 3.38. The van der Waals surface area contributed by atoms with Crippen molar-refractivity contribution in [1.29, 1.82) is 0 Å². The van der Waals surface area contributed by atoms with E-state index in [2.05, 4.69) is 10.6 Å². The van der Waals surface area contributed by atoms with Gasteiger partial charge in [-0.3, -0.25) is 14.9 Å². The Morgan fingerprint density at radius 2 is 1.90 bits per heavy atom. The van der Waals surface area contributed by atoms with Gasteiger partial charge in [-0.15, -0.1) is 0 Å². The van der Waals surface area contributed by atoms with Crippen molar-refractivity contribution >= 4 is 11.6 Å². The van der Waals surface area contributed by atoms with Crippen LogP contribution in [0.5, 0.6) is 0 Å². The zero-order chi connectivity index (χ0) is 15.9. The van der Waals surface area contributed by atoms with Gasteiger partial charge in [0.15, 0.2) is 0 Å². The number of nitrogens with zero attached hydrogens (tertiary/aromatic N) is 1. The van der Waals surface area contributed by atoms with E-state index in [1.165, 1.54) is 12.1 Å². The molecule has 1 amide bonds. The lowest BCUT2D eigenvalue weighted by Crippen LogP contribution is -2.46. The number of carbonyl (C=O) groups excluding carboxylic acids is 1. The number of hydrogen-bond donors (Lipinski definition) is 2. The van der Waals surface area contributed by atoms with Crippen molar-refractivity contribution in [3.63, 3.8) is 0 Å². The molecule has 0 saturated carbocycles. The molecule has 6 nitrogen and oxygen atoms in total. The number of nitro benzene ring substituents is 1. The van der Waals surface area contributed by atoms with Crippen molar-refractivity contribution in [2.45, 2.75) is 39.2 Å². The minimum Gasteiger partial charge on any atom is -0.350 e. The minimum absolute atomic E-state index is 0.0226. The van der Waals surface area contributed by atoms with Gasteiger partial charge in [0.2, 0.25) is 5.91 Å². The van der Waals surface area contributed by atoms with E-state index in [1.54, 1.807) is 12.1 Å². The van der Waals surface area contributed by atoms with Crippen molar-refractivity contribution in [3.05, 3.63) is 39.9 Å². The van der Waals surface area contributed by atoms with Crippen LogP contribution in [0.3, 0.4) is 0 Å². The number of carbonyl (C=O) groups is 1. The van der Waals surface area contributed by atoms with E-state index in [0.717, 1.165) is 18.4 Å². The topological polar surface area (TPSA) is 84.3 Å². The molecule has 2 N–H and O–H groups in total. The van der Waals surface area contributed by atoms with Crippen LogP contribution in [0.15, 0.2) is 24.3 Å². The largest absolute Gasteiger partial charge is 0.350 e. The first-order valence-corrected chi connectivity index (χ1v) is 7.09. The molecule has 1 rings (SSSR count). The van der Waals surface area contributed by atoms with E-state index < -0.39 is 4.92 Å². The Morgan fingerprint density at radius 3 is 2.43 bits per heavy atom. The average Bonchev–Trinajstić information content (AvgIpc) is 2.43. The van der Waals surface area contributed by atoms with Crippen LogP contribution >= 0.6 is 0 Å². The fraction of sp³-hybridized carbons (Fsp3) is 0.533. The lowest BCUT2D eigenvalue weighted by Gasteiger charge is -2.24. The normalized spacial score (nSPS) is 11.2. The summed E-state index contributed by atoms with van der Waals surface area (Å²) in [5, 5.41) is 16.6. The summed E-state index contributed by atoms with van der Waals surface area (Å²) in [6.07, 6.45) is 1.60. The van der Waals surface area contributed by atoms with Crippen molar-refractivity contribution in [2.24, 2.45) is 0 Å². The number of amides is 1. The van der Waals surface area contributed by atoms with Crippen molar-refractivity contribution in [1.82, 2.24) is 10.6 Å². The van der Waals surface area contributed by atoms with Crippen LogP contribution in [0.4, 0.5) is 5.69 Å². The first-order chi connectivity index (χ1) is 9.84. The molecule has 0 aliphatic carbocycles. The average molecular weight is 293 g/mol. The second kappa shape index (κ2) is 7.73. The van der Waals surface area contributed by atoms with Crippen LogP contribution < -0.4 is 10.6 Å². The maximum atomic E-state index is 11.7. The lowest BCUT2D eigenvalue weighted by molar-refractivity contribution is -0.384. The zero-order valence-corrected chi connectivity index (χ0v) is 12.8. The Labute approximate surface area is 125 Å². The highest BCUT2D eigenvalue weighted by Crippen LogP contribution is 2.11. The number of rotatable bonds is 8. The maximum Gasteiger partial charge on any atom is 0.269 e. The molecule has 0 unspecified atom stereocenters. The Kier molecular flexibility index (Phi) is 6.30. The molecule has 116 valence electrons. The molecule has 0 radical (unpaired) electrons. The monoisotopic (exact) mass is 293 g/mol. The van der Waals surface area contributed by atoms with E-state index in [4.69, 9.17) is 0 Å². The minimum atomic E-state index is -0.415. The Bertz CT molecular complexity index is 483. The molecule has 0 fully saturated rings. The standard InChI is InChI=1S/C15H23N3O3/c1-4-15(2,3)17-14(19)11-16-10-9-12-5-7-13(8-6-12)18(20)21/h5-8,16H,4,9-11H2,1-3H3,(H,17,19). The summed E-state index contributed by atoms with van der Waals surface area (Å²) in [4.78, 5) is 21.8. The molecule has 0 aliphatic rings. The van der Waals surface area contributed by atoms with Crippen molar-refractivity contribution < 1.29 is 9.72 Å². The van der Waals surface area contributed by atoms with Gasteiger partial charge in [-0.1, -0.05) is 19.1 Å². The summed E-state index contributed by atoms with van der Waals surface area (Å²) in [6, 6.07) is 6.46. The lowest BCUT2D eigenvalue weighted by atomic mass is 10.0. The third kappa shape index (κ3) is 6.35. The Balaban J connectivity index is 2.28. The summed E-state index contributed by atoms with van der Waals surface area (Å²) < 4.78 is 0. The van der Waals surface area contributed by atoms with Gasteiger partial charge < -0.3 is 10.6 Å². The predicted molar refractivity (Wildman–Crippen MR) is 82.2 cm³/mol. The summed E-state index contributed by atoms with van der Waals surface area (Å²) in [5.41, 5.74) is 0.909. The number of nitrogens with one attached hydrogen (secondary N) is 2. The number of non-ortho nitro benzene ring substituents is 1. The van der Waals surface area contributed by atoms with E-state index in [0.29, 0.717) is 6.54 Å². The molecular formula is C15H23N3O3. The van der Waals surface area contributed by atoms with Gasteiger partial charge in [0.25, 0.3) is 5.69 Å². The quantitative estimate of drug-likeness (QED) is 0.436.